The Hall–Kier alpha value is -2.19. The molecule has 1 heterocycles. The quantitative estimate of drug-likeness (QED) is 0.800. The van der Waals surface area contributed by atoms with Crippen molar-refractivity contribution >= 4 is 16.0 Å². The van der Waals surface area contributed by atoms with Crippen molar-refractivity contribution in [3.63, 3.8) is 0 Å². The number of nitrogens with one attached hydrogen (secondary N) is 1. The third-order valence-electron chi connectivity index (χ3n) is 3.61. The number of sulfonamides is 1. The van der Waals surface area contributed by atoms with E-state index in [1.54, 1.807) is 19.1 Å². The Kier molecular flexibility index (Phi) is 5.40. The second kappa shape index (κ2) is 7.14. The van der Waals surface area contributed by atoms with Gasteiger partial charge < -0.3 is 9.26 Å². The summed E-state index contributed by atoms with van der Waals surface area (Å²) in [5.41, 5.74) is 1.96. The van der Waals surface area contributed by atoms with E-state index in [9.17, 15) is 13.2 Å². The molecule has 2 rings (SSSR count). The number of hydrogen-bond donors (Lipinski definition) is 1. The SMILES string of the molecule is COC(=O)C[C@@H](NS(=O)(=O)c1c(C)noc1C)c1ccc(C)cc1. The second-order valence-electron chi connectivity index (χ2n) is 5.52. The molecule has 130 valence electrons. The maximum absolute atomic E-state index is 12.7. The van der Waals surface area contributed by atoms with E-state index in [0.29, 0.717) is 5.56 Å². The highest BCUT2D eigenvalue weighted by Crippen LogP contribution is 2.24. The second-order valence-corrected chi connectivity index (χ2v) is 7.17. The Morgan fingerprint density at radius 3 is 2.38 bits per heavy atom. The highest BCUT2D eigenvalue weighted by Gasteiger charge is 2.29. The third kappa shape index (κ3) is 4.01. The molecular weight excluding hydrogens is 332 g/mol. The Morgan fingerprint density at radius 2 is 1.88 bits per heavy atom. The smallest absolute Gasteiger partial charge is 0.307 e. The molecule has 1 aromatic heterocycles. The zero-order valence-corrected chi connectivity index (χ0v) is 14.8. The van der Waals surface area contributed by atoms with E-state index in [0.717, 1.165) is 5.56 Å². The maximum atomic E-state index is 12.7. The fourth-order valence-electron chi connectivity index (χ4n) is 2.38. The number of aryl methyl sites for hydroxylation is 3. The largest absolute Gasteiger partial charge is 0.469 e. The number of nitrogens with zero attached hydrogens (tertiary/aromatic N) is 1. The number of hydrogen-bond acceptors (Lipinski definition) is 6. The lowest BCUT2D eigenvalue weighted by molar-refractivity contribution is -0.141. The van der Waals surface area contributed by atoms with Crippen molar-refractivity contribution in [1.82, 2.24) is 9.88 Å². The monoisotopic (exact) mass is 352 g/mol. The van der Waals surface area contributed by atoms with Gasteiger partial charge in [-0.2, -0.15) is 0 Å². The van der Waals surface area contributed by atoms with Gasteiger partial charge in [-0.3, -0.25) is 4.79 Å². The predicted octanol–water partition coefficient (Wildman–Crippen LogP) is 2.18. The van der Waals surface area contributed by atoms with E-state index in [-0.39, 0.29) is 22.8 Å². The fraction of sp³-hybridized carbons (Fsp3) is 0.375. The molecule has 0 amide bonds. The van der Waals surface area contributed by atoms with Gasteiger partial charge in [-0.15, -0.1) is 0 Å². The van der Waals surface area contributed by atoms with Crippen LogP contribution in [0.2, 0.25) is 0 Å². The van der Waals surface area contributed by atoms with Crippen LogP contribution in [-0.2, 0) is 19.6 Å². The van der Waals surface area contributed by atoms with Gasteiger partial charge >= 0.3 is 5.97 Å². The molecule has 0 unspecified atom stereocenters. The molecule has 24 heavy (non-hydrogen) atoms. The maximum Gasteiger partial charge on any atom is 0.307 e. The van der Waals surface area contributed by atoms with Crippen molar-refractivity contribution in [1.29, 1.82) is 0 Å². The standard InChI is InChI=1S/C16H20N2O5S/c1-10-5-7-13(8-6-10)14(9-15(19)22-4)18-24(20,21)16-11(2)17-23-12(16)3/h5-8,14,18H,9H2,1-4H3/t14-/m1/s1. The zero-order valence-electron chi connectivity index (χ0n) is 14.0. The van der Waals surface area contributed by atoms with Crippen molar-refractivity contribution in [2.45, 2.75) is 38.1 Å². The van der Waals surface area contributed by atoms with E-state index in [4.69, 9.17) is 4.52 Å². The molecule has 0 spiro atoms. The summed E-state index contributed by atoms with van der Waals surface area (Å²) < 4.78 is 37.5. The van der Waals surface area contributed by atoms with Gasteiger partial charge in [0, 0.05) is 0 Å². The minimum absolute atomic E-state index is 0.00974. The number of carbonyl (C=O) groups excluding carboxylic acids is 1. The average molecular weight is 352 g/mol. The summed E-state index contributed by atoms with van der Waals surface area (Å²) in [6.07, 6.45) is -0.123. The number of benzene rings is 1. The first-order valence-electron chi connectivity index (χ1n) is 7.33. The topological polar surface area (TPSA) is 98.5 Å². The van der Waals surface area contributed by atoms with Gasteiger partial charge in [0.05, 0.1) is 19.6 Å². The highest BCUT2D eigenvalue weighted by molar-refractivity contribution is 7.89. The van der Waals surface area contributed by atoms with Crippen LogP contribution in [0.15, 0.2) is 33.7 Å². The molecule has 7 nitrogen and oxygen atoms in total. The molecule has 1 N–H and O–H groups in total. The summed E-state index contributed by atoms with van der Waals surface area (Å²) in [6.45, 7) is 5.00. The van der Waals surface area contributed by atoms with E-state index < -0.39 is 22.0 Å². The third-order valence-corrected chi connectivity index (χ3v) is 5.33. The summed E-state index contributed by atoms with van der Waals surface area (Å²) >= 11 is 0. The Labute approximate surface area is 141 Å². The van der Waals surface area contributed by atoms with Gasteiger partial charge in [0.25, 0.3) is 0 Å². The first-order chi connectivity index (χ1) is 11.2. The number of rotatable bonds is 6. The van der Waals surface area contributed by atoms with E-state index in [1.807, 2.05) is 19.1 Å². The number of carbonyl (C=O) groups is 1. The number of ether oxygens (including phenoxy) is 1. The summed E-state index contributed by atoms with van der Waals surface area (Å²) in [5, 5.41) is 3.67. The molecule has 0 saturated carbocycles. The van der Waals surface area contributed by atoms with Gasteiger partial charge in [0.2, 0.25) is 10.0 Å². The molecule has 0 saturated heterocycles. The van der Waals surface area contributed by atoms with Crippen molar-refractivity contribution in [3.05, 3.63) is 46.8 Å². The summed E-state index contributed by atoms with van der Waals surface area (Å²) in [7, 11) is -2.64. The van der Waals surface area contributed by atoms with Gasteiger partial charge in [-0.1, -0.05) is 35.0 Å². The molecule has 1 aromatic carbocycles. The number of methoxy groups -OCH3 is 1. The van der Waals surface area contributed by atoms with Crippen LogP contribution in [-0.4, -0.2) is 26.7 Å². The van der Waals surface area contributed by atoms with Crippen LogP contribution in [0.4, 0.5) is 0 Å². The Balaban J connectivity index is 2.37. The number of esters is 1. The molecule has 0 aliphatic carbocycles. The molecule has 0 aliphatic rings. The lowest BCUT2D eigenvalue weighted by Gasteiger charge is -2.18. The minimum atomic E-state index is -3.90. The molecule has 0 bridgehead atoms. The van der Waals surface area contributed by atoms with Gasteiger partial charge in [-0.05, 0) is 26.3 Å². The van der Waals surface area contributed by atoms with Crippen LogP contribution in [0.25, 0.3) is 0 Å². The van der Waals surface area contributed by atoms with Crippen LogP contribution in [0.1, 0.15) is 35.0 Å². The van der Waals surface area contributed by atoms with Gasteiger partial charge in [-0.25, -0.2) is 13.1 Å². The van der Waals surface area contributed by atoms with Crippen LogP contribution >= 0.6 is 0 Å². The summed E-state index contributed by atoms with van der Waals surface area (Å²) in [4.78, 5) is 11.7. The van der Waals surface area contributed by atoms with E-state index in [1.165, 1.54) is 14.0 Å². The molecule has 0 fully saturated rings. The van der Waals surface area contributed by atoms with E-state index in [2.05, 4.69) is 14.6 Å². The zero-order chi connectivity index (χ0) is 17.9. The highest BCUT2D eigenvalue weighted by atomic mass is 32.2. The fourth-order valence-corrected chi connectivity index (χ4v) is 3.93. The Bertz CT molecular complexity index is 805. The van der Waals surface area contributed by atoms with Crippen LogP contribution in [0, 0.1) is 20.8 Å². The predicted molar refractivity (Wildman–Crippen MR) is 86.9 cm³/mol. The van der Waals surface area contributed by atoms with Crippen molar-refractivity contribution in [2.24, 2.45) is 0 Å². The van der Waals surface area contributed by atoms with Crippen LogP contribution in [0.3, 0.4) is 0 Å². The van der Waals surface area contributed by atoms with Crippen molar-refractivity contribution < 1.29 is 22.5 Å². The van der Waals surface area contributed by atoms with E-state index >= 15 is 0 Å². The lowest BCUT2D eigenvalue weighted by Crippen LogP contribution is -2.31. The van der Waals surface area contributed by atoms with Crippen LogP contribution < -0.4 is 4.72 Å². The van der Waals surface area contributed by atoms with Crippen molar-refractivity contribution in [2.75, 3.05) is 7.11 Å². The van der Waals surface area contributed by atoms with Gasteiger partial charge in [0.15, 0.2) is 5.76 Å². The van der Waals surface area contributed by atoms with Crippen molar-refractivity contribution in [3.8, 4) is 0 Å². The normalized spacial score (nSPS) is 12.8. The molecule has 2 aromatic rings. The lowest BCUT2D eigenvalue weighted by atomic mass is 10.0. The molecule has 0 aliphatic heterocycles. The molecule has 1 atom stereocenters. The summed E-state index contributed by atoms with van der Waals surface area (Å²) in [6, 6.07) is 6.50. The molecular formula is C16H20N2O5S. The average Bonchev–Trinajstić information content (AvgIpc) is 2.86. The first-order valence-corrected chi connectivity index (χ1v) is 8.81. The minimum Gasteiger partial charge on any atom is -0.469 e. The Morgan fingerprint density at radius 1 is 1.25 bits per heavy atom. The first kappa shape index (κ1) is 18.2. The van der Waals surface area contributed by atoms with Crippen LogP contribution in [0.5, 0.6) is 0 Å². The molecule has 0 radical (unpaired) electrons. The number of aromatic nitrogens is 1. The van der Waals surface area contributed by atoms with Gasteiger partial charge in [0.1, 0.15) is 10.6 Å². The molecule has 8 heteroatoms. The summed E-state index contributed by atoms with van der Waals surface area (Å²) in [5.74, 6) is -0.317.